The number of aromatic nitrogens is 2. The summed E-state index contributed by atoms with van der Waals surface area (Å²) in [7, 11) is 0. The molecule has 1 aliphatic heterocycles. The second-order valence-corrected chi connectivity index (χ2v) is 8.07. The topological polar surface area (TPSA) is 82.1 Å². The number of hydrogen-bond donors (Lipinski definition) is 4. The van der Waals surface area contributed by atoms with Crippen LogP contribution in [0.3, 0.4) is 0 Å². The van der Waals surface area contributed by atoms with Crippen LogP contribution in [-0.4, -0.2) is 40.8 Å². The van der Waals surface area contributed by atoms with Crippen molar-refractivity contribution >= 4 is 5.95 Å². The average Bonchev–Trinajstić information content (AvgIpc) is 3.32. The second kappa shape index (κ2) is 10.9. The Labute approximate surface area is 184 Å². The molecule has 0 saturated carbocycles. The van der Waals surface area contributed by atoms with Gasteiger partial charge in [0.05, 0.1) is 5.69 Å². The molecule has 1 aromatic heterocycles. The van der Waals surface area contributed by atoms with E-state index in [2.05, 4.69) is 50.2 Å². The molecule has 0 aliphatic carbocycles. The fourth-order valence-electron chi connectivity index (χ4n) is 3.94. The van der Waals surface area contributed by atoms with Crippen molar-refractivity contribution in [2.24, 2.45) is 0 Å². The summed E-state index contributed by atoms with van der Waals surface area (Å²) in [6.07, 6.45) is 6.43. The van der Waals surface area contributed by atoms with Gasteiger partial charge in [-0.05, 0) is 74.2 Å². The number of aromatic hydroxyl groups is 1. The Bertz CT molecular complexity index is 954. The fraction of sp³-hybridized carbons (Fsp3) is 0.360. The van der Waals surface area contributed by atoms with Crippen molar-refractivity contribution in [3.63, 3.8) is 0 Å². The predicted molar refractivity (Wildman–Crippen MR) is 125 cm³/mol. The van der Waals surface area contributed by atoms with Crippen molar-refractivity contribution in [3.8, 4) is 17.0 Å². The number of phenolic OH excluding ortho intramolecular Hbond substituents is 1. The van der Waals surface area contributed by atoms with Crippen LogP contribution in [-0.2, 0) is 13.0 Å². The predicted octanol–water partition coefficient (Wildman–Crippen LogP) is 3.74. The van der Waals surface area contributed by atoms with E-state index in [-0.39, 0.29) is 5.75 Å². The van der Waals surface area contributed by atoms with Gasteiger partial charge in [0.15, 0.2) is 0 Å². The van der Waals surface area contributed by atoms with Crippen molar-refractivity contribution in [1.82, 2.24) is 20.6 Å². The van der Waals surface area contributed by atoms with Crippen molar-refractivity contribution in [3.05, 3.63) is 71.9 Å². The van der Waals surface area contributed by atoms with E-state index in [4.69, 9.17) is 0 Å². The second-order valence-electron chi connectivity index (χ2n) is 8.07. The molecule has 6 heteroatoms. The Kier molecular flexibility index (Phi) is 7.47. The Morgan fingerprint density at radius 2 is 1.94 bits per heavy atom. The average molecular weight is 418 g/mol. The molecule has 2 aromatic carbocycles. The molecular weight excluding hydrogens is 386 g/mol. The summed E-state index contributed by atoms with van der Waals surface area (Å²) in [6, 6.07) is 18.4. The van der Waals surface area contributed by atoms with Crippen LogP contribution in [0.2, 0.25) is 0 Å². The lowest BCUT2D eigenvalue weighted by molar-refractivity contribution is 0.475. The Balaban J connectivity index is 1.29. The maximum atomic E-state index is 9.38. The highest BCUT2D eigenvalue weighted by Crippen LogP contribution is 2.19. The minimum absolute atomic E-state index is 0.288. The van der Waals surface area contributed by atoms with Gasteiger partial charge in [-0.3, -0.25) is 0 Å². The first-order chi connectivity index (χ1) is 15.3. The van der Waals surface area contributed by atoms with Gasteiger partial charge in [-0.25, -0.2) is 9.97 Å². The lowest BCUT2D eigenvalue weighted by Crippen LogP contribution is -2.26. The normalized spacial score (nSPS) is 15.8. The van der Waals surface area contributed by atoms with E-state index in [0.717, 1.165) is 42.9 Å². The van der Waals surface area contributed by atoms with E-state index in [9.17, 15) is 5.11 Å². The van der Waals surface area contributed by atoms with E-state index in [0.29, 0.717) is 12.0 Å². The van der Waals surface area contributed by atoms with E-state index < -0.39 is 0 Å². The highest BCUT2D eigenvalue weighted by atomic mass is 16.3. The third-order valence-electron chi connectivity index (χ3n) is 5.67. The van der Waals surface area contributed by atoms with Crippen LogP contribution >= 0.6 is 0 Å². The highest BCUT2D eigenvalue weighted by molar-refractivity contribution is 5.60. The summed E-state index contributed by atoms with van der Waals surface area (Å²) in [5.74, 6) is 0.917. The number of phenols is 1. The summed E-state index contributed by atoms with van der Waals surface area (Å²) in [5.41, 5.74) is 4.43. The molecule has 0 radical (unpaired) electrons. The van der Waals surface area contributed by atoms with Crippen LogP contribution < -0.4 is 16.0 Å². The first kappa shape index (κ1) is 21.3. The van der Waals surface area contributed by atoms with Gasteiger partial charge < -0.3 is 21.1 Å². The molecular formula is C25H31N5O. The molecule has 2 heterocycles. The Hall–Kier alpha value is -2.96. The fourth-order valence-corrected chi connectivity index (χ4v) is 3.94. The van der Waals surface area contributed by atoms with Gasteiger partial charge in [0, 0.05) is 30.9 Å². The molecule has 0 unspecified atom stereocenters. The molecule has 4 N–H and O–H groups in total. The van der Waals surface area contributed by atoms with Gasteiger partial charge in [-0.15, -0.1) is 0 Å². The van der Waals surface area contributed by atoms with E-state index in [1.807, 2.05) is 18.2 Å². The summed E-state index contributed by atoms with van der Waals surface area (Å²) in [4.78, 5) is 9.04. The zero-order valence-corrected chi connectivity index (χ0v) is 17.8. The molecule has 31 heavy (non-hydrogen) atoms. The molecule has 0 bridgehead atoms. The summed E-state index contributed by atoms with van der Waals surface area (Å²) in [6.45, 7) is 3.79. The van der Waals surface area contributed by atoms with Gasteiger partial charge in [-0.2, -0.15) is 0 Å². The lowest BCUT2D eigenvalue weighted by Gasteiger charge is -2.11. The number of nitrogens with one attached hydrogen (secondary N) is 3. The number of rotatable bonds is 10. The first-order valence-corrected chi connectivity index (χ1v) is 11.1. The smallest absolute Gasteiger partial charge is 0.223 e. The third-order valence-corrected chi connectivity index (χ3v) is 5.67. The highest BCUT2D eigenvalue weighted by Gasteiger charge is 2.12. The van der Waals surface area contributed by atoms with Crippen LogP contribution in [0.25, 0.3) is 11.3 Å². The maximum Gasteiger partial charge on any atom is 0.223 e. The van der Waals surface area contributed by atoms with Crippen LogP contribution in [0.5, 0.6) is 5.75 Å². The molecule has 4 rings (SSSR count). The Morgan fingerprint density at radius 3 is 2.77 bits per heavy atom. The molecule has 1 fully saturated rings. The SMILES string of the molecule is Oc1ccc(CCNc2nccc(-c3cccc(CNCC[C@H]4CCCN4)c3)n2)cc1. The molecule has 3 aromatic rings. The van der Waals surface area contributed by atoms with Gasteiger partial charge in [0.25, 0.3) is 0 Å². The van der Waals surface area contributed by atoms with Crippen molar-refractivity contribution in [2.75, 3.05) is 25.0 Å². The molecule has 162 valence electrons. The molecule has 1 aliphatic rings. The maximum absolute atomic E-state index is 9.38. The lowest BCUT2D eigenvalue weighted by atomic mass is 10.1. The summed E-state index contributed by atoms with van der Waals surface area (Å²) in [5, 5.41) is 19.8. The number of benzene rings is 2. The standard InChI is InChI=1S/C25H31N5O/c31-23-8-6-19(7-9-23)10-15-28-25-29-16-12-24(30-25)21-4-1-3-20(17-21)18-26-14-11-22-5-2-13-27-22/h1,3-4,6-9,12,16-17,22,26-27,31H,2,5,10-11,13-15,18H2,(H,28,29,30)/t22-/m1/s1. The Morgan fingerprint density at radius 1 is 1.03 bits per heavy atom. The summed E-state index contributed by atoms with van der Waals surface area (Å²) < 4.78 is 0. The molecule has 1 atom stereocenters. The number of anilines is 1. The summed E-state index contributed by atoms with van der Waals surface area (Å²) >= 11 is 0. The largest absolute Gasteiger partial charge is 0.508 e. The van der Waals surface area contributed by atoms with Crippen LogP contribution in [0.1, 0.15) is 30.4 Å². The first-order valence-electron chi connectivity index (χ1n) is 11.1. The zero-order valence-electron chi connectivity index (χ0n) is 17.8. The van der Waals surface area contributed by atoms with E-state index in [1.54, 1.807) is 18.3 Å². The molecule has 1 saturated heterocycles. The van der Waals surface area contributed by atoms with Crippen molar-refractivity contribution in [1.29, 1.82) is 0 Å². The third kappa shape index (κ3) is 6.51. The van der Waals surface area contributed by atoms with Gasteiger partial charge in [-0.1, -0.05) is 30.3 Å². The van der Waals surface area contributed by atoms with E-state index in [1.165, 1.54) is 31.4 Å². The van der Waals surface area contributed by atoms with Gasteiger partial charge in [0.2, 0.25) is 5.95 Å². The number of hydrogen-bond acceptors (Lipinski definition) is 6. The van der Waals surface area contributed by atoms with Crippen LogP contribution in [0.4, 0.5) is 5.95 Å². The zero-order chi connectivity index (χ0) is 21.3. The molecule has 6 nitrogen and oxygen atoms in total. The molecule has 0 amide bonds. The van der Waals surface area contributed by atoms with Crippen LogP contribution in [0, 0.1) is 0 Å². The van der Waals surface area contributed by atoms with Crippen LogP contribution in [0.15, 0.2) is 60.8 Å². The van der Waals surface area contributed by atoms with Gasteiger partial charge >= 0.3 is 0 Å². The minimum atomic E-state index is 0.288. The van der Waals surface area contributed by atoms with Gasteiger partial charge in [0.1, 0.15) is 5.75 Å². The number of nitrogens with zero attached hydrogens (tertiary/aromatic N) is 2. The quantitative estimate of drug-likeness (QED) is 0.376. The monoisotopic (exact) mass is 417 g/mol. The minimum Gasteiger partial charge on any atom is -0.508 e. The molecule has 0 spiro atoms. The van der Waals surface area contributed by atoms with Crippen molar-refractivity contribution < 1.29 is 5.11 Å². The van der Waals surface area contributed by atoms with Crippen molar-refractivity contribution in [2.45, 2.75) is 38.3 Å². The van der Waals surface area contributed by atoms with E-state index >= 15 is 0 Å².